The number of halogens is 2. The van der Waals surface area contributed by atoms with Crippen molar-refractivity contribution in [2.24, 2.45) is 11.7 Å². The Morgan fingerprint density at radius 1 is 0.675 bits per heavy atom. The fraction of sp³-hybridized carbons (Fsp3) is 0.542. The summed E-state index contributed by atoms with van der Waals surface area (Å²) >= 11 is 14.4. The Kier molecular flexibility index (Phi) is 32.5. The van der Waals surface area contributed by atoms with Crippen LogP contribution in [0.15, 0.2) is 78.9 Å². The van der Waals surface area contributed by atoms with Crippen molar-refractivity contribution in [1.82, 2.24) is 58.1 Å². The molecule has 0 saturated carbocycles. The number of fused-ring (bicyclic) bond motifs is 15. The van der Waals surface area contributed by atoms with E-state index in [4.69, 9.17) is 57.4 Å². The average Bonchev–Trinajstić information content (AvgIpc) is 0.766. The first kappa shape index (κ1) is 93.0. The molecule has 5 aromatic rings. The molecule has 0 aliphatic carbocycles. The summed E-state index contributed by atoms with van der Waals surface area (Å²) in [6, 6.07) is 0.737. The third kappa shape index (κ3) is 22.9. The number of phenolic OH excluding ortho intramolecular Hbond substituents is 3. The zero-order chi connectivity index (χ0) is 87.1. The van der Waals surface area contributed by atoms with Gasteiger partial charge in [-0.05, 0) is 156 Å². The number of hydrogen-bond donors (Lipinski definition) is 20. The lowest BCUT2D eigenvalue weighted by atomic mass is 9.85. The number of phenols is 3. The Morgan fingerprint density at radius 2 is 1.30 bits per heavy atom. The average molecular weight is 1720 g/mol. The van der Waals surface area contributed by atoms with Crippen molar-refractivity contribution >= 4 is 70.5 Å². The lowest BCUT2D eigenvalue weighted by Gasteiger charge is -2.48. The van der Waals surface area contributed by atoms with Gasteiger partial charge in [0.1, 0.15) is 95.5 Å². The molecule has 18 atom stereocenters. The Labute approximate surface area is 704 Å². The molecule has 0 aromatic heterocycles. The number of carbonyl (C=O) groups excluding carboxylic acids is 8. The summed E-state index contributed by atoms with van der Waals surface area (Å²) < 4.78 is 39.7. The number of nitrogens with zero attached hydrogens (tertiary/aromatic N) is 1. The van der Waals surface area contributed by atoms with E-state index in [2.05, 4.69) is 60.1 Å². The molecule has 0 spiro atoms. The van der Waals surface area contributed by atoms with Crippen LogP contribution in [0.4, 0.5) is 0 Å². The van der Waals surface area contributed by atoms with E-state index in [1.54, 1.807) is 27.9 Å². The smallest absolute Gasteiger partial charge is 0.248 e. The molecule has 7 aliphatic rings. The van der Waals surface area contributed by atoms with Crippen LogP contribution >= 0.6 is 23.2 Å². The lowest BCUT2D eigenvalue weighted by Crippen LogP contribution is -2.65. The molecule has 37 heteroatoms. The number of carbonyl (C=O) groups is 8. The Balaban J connectivity index is 1.16. The minimum absolute atomic E-state index is 0.00953. The quantitative estimate of drug-likeness (QED) is 0.0293. The number of benzene rings is 5. The highest BCUT2D eigenvalue weighted by Crippen LogP contribution is 2.50. The summed E-state index contributed by atoms with van der Waals surface area (Å²) in [5, 5.41) is 134. The predicted molar refractivity (Wildman–Crippen MR) is 437 cm³/mol. The number of nitrogens with one attached hydrogen (secondary N) is 10. The fourth-order valence-electron chi connectivity index (χ4n) is 15.3. The van der Waals surface area contributed by atoms with E-state index in [1.807, 2.05) is 18.7 Å². The molecule has 5 aromatic carbocycles. The summed E-state index contributed by atoms with van der Waals surface area (Å²) in [4.78, 5) is 122. The van der Waals surface area contributed by atoms with Crippen LogP contribution in [0.3, 0.4) is 0 Å². The molecule has 11 bridgehead atoms. The van der Waals surface area contributed by atoms with Crippen LogP contribution in [-0.2, 0) is 52.6 Å². The molecule has 0 radical (unpaired) electrons. The molecule has 7 aliphatic heterocycles. The summed E-state index contributed by atoms with van der Waals surface area (Å²) in [5.41, 5.74) is 2.49. The van der Waals surface area contributed by atoms with Crippen molar-refractivity contribution in [3.05, 3.63) is 117 Å². The molecule has 120 heavy (non-hydrogen) atoms. The van der Waals surface area contributed by atoms with Gasteiger partial charge in [0.2, 0.25) is 59.3 Å². The van der Waals surface area contributed by atoms with Crippen LogP contribution in [-0.4, -0.2) is 237 Å². The van der Waals surface area contributed by atoms with Crippen LogP contribution in [0.2, 0.25) is 10.0 Å². The standard InChI is InChI=1S/C83H112Cl2N12O23/c1-9-10-11-12-13-14-15-16-24-88-26-27-90-83(5)38-61(115-41(4)74(83)107)119-73-71(106)70(105)59(39-98)118-82(73)120-72-57-33-45-34-58(72)117-56-23-20-44(32-50(56)85)69(104)67-81(114)94-65(77(110)89-25-17-28-97(7)8)48-35-46(99)36-54(101)62(48)47-30-42(18-21-53(47)100)63(78(111)96-67)93-79(112)64(45)92-76(109)52(37-60(86)102)91-80(113)66(95-75(108)51(87-6)29-40(2)3)68(103)43-19-22-55(116-57)49(84)31-43/h18-23,30-36,40-41,51-52,59,61,63-71,73-74,82,87-88,90,98-101,103-107H,9-17,24-29,37-39H2,1-8H3,(H2,86,102)(H,89,110)(H,91,113)(H,92,109)(H,93,112)(H,94,114)(H,95,108)(H,96,111)/t41-,51+,52-,59+,61-,63+,64+,65-,66+,67-,68+,69+,70+,71-,73+,74+,82-,83-/m0/s1. The van der Waals surface area contributed by atoms with E-state index >= 15 is 24.0 Å². The minimum atomic E-state index is -2.33. The predicted octanol–water partition coefficient (Wildman–Crippen LogP) is 3.45. The normalized spacial score (nSPS) is 26.7. The van der Waals surface area contributed by atoms with Crippen LogP contribution in [0.25, 0.3) is 11.1 Å². The van der Waals surface area contributed by atoms with Gasteiger partial charge in [-0.15, -0.1) is 0 Å². The number of likely N-dealkylation sites (N-methyl/N-ethyl adjacent to an activating group) is 1. The maximum atomic E-state index is 16.3. The fourth-order valence-corrected chi connectivity index (χ4v) is 15.8. The molecule has 35 nitrogen and oxygen atoms in total. The van der Waals surface area contributed by atoms with Gasteiger partial charge in [0.25, 0.3) is 0 Å². The van der Waals surface area contributed by atoms with Gasteiger partial charge in [0.05, 0.1) is 41.3 Å². The number of nitrogens with two attached hydrogens (primary N) is 1. The first-order chi connectivity index (χ1) is 57.1. The second-order valence-corrected chi connectivity index (χ2v) is 32.7. The van der Waals surface area contributed by atoms with Crippen LogP contribution < -0.4 is 73.1 Å². The van der Waals surface area contributed by atoms with Gasteiger partial charge >= 0.3 is 0 Å². The van der Waals surface area contributed by atoms with Crippen molar-refractivity contribution in [3.63, 3.8) is 0 Å². The molecule has 0 unspecified atom stereocenters. The minimum Gasteiger partial charge on any atom is -0.508 e. The lowest BCUT2D eigenvalue weighted by molar-refractivity contribution is -0.334. The number of unbranched alkanes of at least 4 members (excludes halogenated alkanes) is 7. The second kappa shape index (κ2) is 42.0. The number of aliphatic hydroxyl groups excluding tert-OH is 6. The monoisotopic (exact) mass is 1710 g/mol. The summed E-state index contributed by atoms with van der Waals surface area (Å²) in [6.07, 6.45) is -8.48. The van der Waals surface area contributed by atoms with Gasteiger partial charge in [0.15, 0.2) is 23.9 Å². The molecular formula is C83H112Cl2N12O23. The Morgan fingerprint density at radius 3 is 1.93 bits per heavy atom. The van der Waals surface area contributed by atoms with E-state index in [9.17, 15) is 60.3 Å². The van der Waals surface area contributed by atoms with Crippen molar-refractivity contribution in [1.29, 1.82) is 0 Å². The van der Waals surface area contributed by atoms with Gasteiger partial charge in [-0.25, -0.2) is 0 Å². The van der Waals surface area contributed by atoms with E-state index in [0.29, 0.717) is 26.1 Å². The topological polar surface area (TPSA) is 524 Å². The zero-order valence-electron chi connectivity index (χ0n) is 68.1. The van der Waals surface area contributed by atoms with E-state index in [0.717, 1.165) is 80.4 Å². The van der Waals surface area contributed by atoms with Gasteiger partial charge in [-0.2, -0.15) is 0 Å². The number of rotatable bonds is 30. The van der Waals surface area contributed by atoms with E-state index < -0.39 is 220 Å². The number of ether oxygens (including phenoxy) is 6. The van der Waals surface area contributed by atoms with Crippen molar-refractivity contribution in [3.8, 4) is 57.1 Å². The number of aromatic hydroxyl groups is 3. The van der Waals surface area contributed by atoms with Gasteiger partial charge in [-0.1, -0.05) is 107 Å². The summed E-state index contributed by atoms with van der Waals surface area (Å²) in [7, 11) is 5.09. The summed E-state index contributed by atoms with van der Waals surface area (Å²) in [5.74, 6) is -14.3. The molecule has 8 amide bonds. The molecule has 2 fully saturated rings. The zero-order valence-corrected chi connectivity index (χ0v) is 69.7. The van der Waals surface area contributed by atoms with Crippen molar-refractivity contribution in [2.45, 2.75) is 221 Å². The van der Waals surface area contributed by atoms with Gasteiger partial charge < -0.3 is 138 Å². The largest absolute Gasteiger partial charge is 0.508 e. The van der Waals surface area contributed by atoms with Crippen molar-refractivity contribution < 1.29 is 113 Å². The summed E-state index contributed by atoms with van der Waals surface area (Å²) in [6.45, 7) is 10.4. The maximum absolute atomic E-state index is 16.3. The number of primary amides is 1. The molecule has 2 saturated heterocycles. The maximum Gasteiger partial charge on any atom is 0.248 e. The van der Waals surface area contributed by atoms with Crippen LogP contribution in [0.5, 0.6) is 46.0 Å². The van der Waals surface area contributed by atoms with Gasteiger partial charge in [-0.3, -0.25) is 38.4 Å². The SMILES string of the molecule is CCCCCCCCCCNCCN[C@@]1(C)C[C@H](O[C@H]2[C@H](Oc3c4cc5cc3Oc3ccc(cc3Cl)[C@@H](O)[C@@H](NC(=O)[C@@H](CC(C)C)NC)C(=O)N[C@@H](CC(N)=O)C(=O)N[C@H]5C(=O)N[C@H]3C(=O)N[C@H](C(=O)N[C@H](C(=O)NCCCN(C)C)c5cc(O)cc(O)c5-c5cc3ccc5O)[C@H](O)c3ccc(c(Cl)c3)O4)O[C@H](CO)[C@@H](O)[C@@H]2O)O[C@@H](C)[C@H]1O. The van der Waals surface area contributed by atoms with E-state index in [-0.39, 0.29) is 69.6 Å². The number of aliphatic hydroxyl groups is 6. The first-order valence-electron chi connectivity index (χ1n) is 40.4. The van der Waals surface area contributed by atoms with Gasteiger partial charge in [0, 0.05) is 48.8 Å². The number of hydrogen-bond acceptors (Lipinski definition) is 27. The van der Waals surface area contributed by atoms with E-state index in [1.165, 1.54) is 63.4 Å². The van der Waals surface area contributed by atoms with Crippen molar-refractivity contribution in [2.75, 3.05) is 60.5 Å². The molecule has 21 N–H and O–H groups in total. The molecular weight excluding hydrogens is 1600 g/mol. The third-order valence-electron chi connectivity index (χ3n) is 21.9. The van der Waals surface area contributed by atoms with Crippen LogP contribution in [0.1, 0.15) is 170 Å². The highest BCUT2D eigenvalue weighted by molar-refractivity contribution is 6.32. The Hall–Kier alpha value is -9.28. The Bertz CT molecular complexity index is 4470. The molecule has 12 rings (SSSR count). The first-order valence-corrected chi connectivity index (χ1v) is 41.2. The number of amides is 8. The third-order valence-corrected chi connectivity index (χ3v) is 22.5. The second-order valence-electron chi connectivity index (χ2n) is 31.9. The molecule has 7 heterocycles. The highest BCUT2D eigenvalue weighted by Gasteiger charge is 2.52. The van der Waals surface area contributed by atoms with Crippen LogP contribution in [0, 0.1) is 5.92 Å². The highest BCUT2D eigenvalue weighted by atomic mass is 35.5. The molecule has 656 valence electrons.